The van der Waals surface area contributed by atoms with Crippen LogP contribution in [0.25, 0.3) is 0 Å². The number of hydrogen-bond acceptors (Lipinski definition) is 1. The second kappa shape index (κ2) is 7.83. The summed E-state index contributed by atoms with van der Waals surface area (Å²) in [5.74, 6) is 0. The highest BCUT2D eigenvalue weighted by molar-refractivity contribution is 4.89. The standard InChI is InChI=1S/C5H5NO.3H2O/c7-5-3-1-2-4-6-5;;;/h1-4H,(H,6,7);3*1H2. The predicted octanol–water partition coefficient (Wildman–Crippen LogP) is -2.10. The van der Waals surface area contributed by atoms with E-state index in [2.05, 4.69) is 4.98 Å². The average molecular weight is 149 g/mol. The van der Waals surface area contributed by atoms with Gasteiger partial charge in [0.25, 0.3) is 0 Å². The first-order valence-electron chi connectivity index (χ1n) is 2.03. The molecule has 0 atom stereocenters. The van der Waals surface area contributed by atoms with E-state index in [1.807, 2.05) is 0 Å². The van der Waals surface area contributed by atoms with Crippen molar-refractivity contribution >= 4 is 0 Å². The first kappa shape index (κ1) is 15.9. The van der Waals surface area contributed by atoms with Gasteiger partial charge in [0.1, 0.15) is 0 Å². The van der Waals surface area contributed by atoms with Crippen LogP contribution in [0.4, 0.5) is 0 Å². The van der Waals surface area contributed by atoms with Gasteiger partial charge in [-0.05, 0) is 6.07 Å². The molecule has 7 N–H and O–H groups in total. The molecule has 0 fully saturated rings. The van der Waals surface area contributed by atoms with E-state index >= 15 is 0 Å². The molecule has 1 heterocycles. The Morgan fingerprint density at radius 3 is 1.90 bits per heavy atom. The van der Waals surface area contributed by atoms with Crippen LogP contribution in [-0.4, -0.2) is 21.4 Å². The van der Waals surface area contributed by atoms with Gasteiger partial charge in [0.15, 0.2) is 0 Å². The van der Waals surface area contributed by atoms with E-state index in [0.29, 0.717) is 0 Å². The van der Waals surface area contributed by atoms with Crippen molar-refractivity contribution in [2.45, 2.75) is 0 Å². The quantitative estimate of drug-likeness (QED) is 0.445. The highest BCUT2D eigenvalue weighted by Gasteiger charge is 1.69. The number of pyridine rings is 1. The molecular weight excluding hydrogens is 138 g/mol. The first-order chi connectivity index (χ1) is 3.39. The molecule has 0 spiro atoms. The predicted molar refractivity (Wildman–Crippen MR) is 37.9 cm³/mol. The van der Waals surface area contributed by atoms with Gasteiger partial charge in [0.05, 0.1) is 0 Å². The van der Waals surface area contributed by atoms with Gasteiger partial charge in [0, 0.05) is 12.3 Å². The number of aromatic amines is 1. The van der Waals surface area contributed by atoms with E-state index in [4.69, 9.17) is 0 Å². The Bertz CT molecular complexity index is 179. The van der Waals surface area contributed by atoms with Gasteiger partial charge >= 0.3 is 0 Å². The first-order valence-corrected chi connectivity index (χ1v) is 2.03. The Hall–Kier alpha value is -1.17. The van der Waals surface area contributed by atoms with E-state index in [0.717, 1.165) is 0 Å². The fraction of sp³-hybridized carbons (Fsp3) is 0. The fourth-order valence-electron chi connectivity index (χ4n) is 0.377. The Morgan fingerprint density at radius 1 is 1.10 bits per heavy atom. The monoisotopic (exact) mass is 149 g/mol. The summed E-state index contributed by atoms with van der Waals surface area (Å²) in [4.78, 5) is 12.7. The van der Waals surface area contributed by atoms with Crippen molar-refractivity contribution in [3.8, 4) is 0 Å². The van der Waals surface area contributed by atoms with Crippen LogP contribution >= 0.6 is 0 Å². The minimum absolute atomic E-state index is 0. The zero-order valence-electron chi connectivity index (χ0n) is 5.22. The number of nitrogens with one attached hydrogen (secondary N) is 1. The van der Waals surface area contributed by atoms with Crippen LogP contribution in [0.2, 0.25) is 0 Å². The fourth-order valence-corrected chi connectivity index (χ4v) is 0.377. The lowest BCUT2D eigenvalue weighted by molar-refractivity contribution is 0.823. The summed E-state index contributed by atoms with van der Waals surface area (Å²) in [5.41, 5.74) is -0.0532. The third kappa shape index (κ3) is 4.98. The molecule has 0 aliphatic carbocycles. The number of H-pyrrole nitrogens is 1. The van der Waals surface area contributed by atoms with Gasteiger partial charge in [-0.1, -0.05) is 6.07 Å². The lowest BCUT2D eigenvalue weighted by Crippen LogP contribution is -1.98. The molecule has 0 aliphatic rings. The highest BCUT2D eigenvalue weighted by atomic mass is 16.1. The van der Waals surface area contributed by atoms with E-state index < -0.39 is 0 Å². The number of aromatic nitrogens is 1. The lowest BCUT2D eigenvalue weighted by Gasteiger charge is -1.73. The molecule has 0 bridgehead atoms. The van der Waals surface area contributed by atoms with Gasteiger partial charge in [-0.2, -0.15) is 0 Å². The van der Waals surface area contributed by atoms with E-state index in [1.165, 1.54) is 6.07 Å². The van der Waals surface area contributed by atoms with Crippen LogP contribution in [0.1, 0.15) is 0 Å². The summed E-state index contributed by atoms with van der Waals surface area (Å²) in [7, 11) is 0. The molecule has 1 aromatic rings. The molecule has 0 saturated heterocycles. The zero-order valence-corrected chi connectivity index (χ0v) is 5.22. The molecule has 0 aromatic carbocycles. The molecule has 60 valence electrons. The Morgan fingerprint density at radius 2 is 1.70 bits per heavy atom. The minimum atomic E-state index is -0.0532. The molecule has 0 unspecified atom stereocenters. The van der Waals surface area contributed by atoms with Crippen molar-refractivity contribution in [1.82, 2.24) is 4.98 Å². The Balaban J connectivity index is -0.000000163. The van der Waals surface area contributed by atoms with Crippen LogP contribution in [0, 0.1) is 0 Å². The SMILES string of the molecule is O.O.O.O=c1cccc[nH]1. The summed E-state index contributed by atoms with van der Waals surface area (Å²) in [6.45, 7) is 0. The maximum Gasteiger partial charge on any atom is 0.247 e. The van der Waals surface area contributed by atoms with Gasteiger partial charge in [-0.25, -0.2) is 0 Å². The van der Waals surface area contributed by atoms with Crippen molar-refractivity contribution in [1.29, 1.82) is 0 Å². The number of hydrogen-bond donors (Lipinski definition) is 1. The molecule has 10 heavy (non-hydrogen) atoms. The van der Waals surface area contributed by atoms with Gasteiger partial charge in [0.2, 0.25) is 5.56 Å². The molecule has 1 rings (SSSR count). The number of rotatable bonds is 0. The summed E-state index contributed by atoms with van der Waals surface area (Å²) in [5, 5.41) is 0. The summed E-state index contributed by atoms with van der Waals surface area (Å²) in [6, 6.07) is 4.93. The smallest absolute Gasteiger partial charge is 0.247 e. The van der Waals surface area contributed by atoms with Gasteiger partial charge in [-0.15, -0.1) is 0 Å². The highest BCUT2D eigenvalue weighted by Crippen LogP contribution is 1.67. The van der Waals surface area contributed by atoms with Crippen LogP contribution in [0.3, 0.4) is 0 Å². The van der Waals surface area contributed by atoms with Crippen LogP contribution in [0.5, 0.6) is 0 Å². The van der Waals surface area contributed by atoms with Gasteiger partial charge < -0.3 is 21.4 Å². The van der Waals surface area contributed by atoms with E-state index in [-0.39, 0.29) is 22.0 Å². The molecule has 0 amide bonds. The third-order valence-electron chi connectivity index (χ3n) is 0.681. The second-order valence-corrected chi connectivity index (χ2v) is 1.23. The topological polar surface area (TPSA) is 127 Å². The summed E-state index contributed by atoms with van der Waals surface area (Å²) in [6.07, 6.45) is 1.60. The largest absolute Gasteiger partial charge is 0.412 e. The summed E-state index contributed by atoms with van der Waals surface area (Å²) < 4.78 is 0. The van der Waals surface area contributed by atoms with Crippen LogP contribution < -0.4 is 5.56 Å². The Labute approximate surface area is 57.3 Å². The molecule has 0 aliphatic heterocycles. The van der Waals surface area contributed by atoms with Crippen molar-refractivity contribution in [2.75, 3.05) is 0 Å². The van der Waals surface area contributed by atoms with Crippen molar-refractivity contribution in [3.05, 3.63) is 34.7 Å². The van der Waals surface area contributed by atoms with E-state index in [1.54, 1.807) is 18.3 Å². The van der Waals surface area contributed by atoms with Crippen molar-refractivity contribution in [3.63, 3.8) is 0 Å². The van der Waals surface area contributed by atoms with Crippen molar-refractivity contribution in [2.24, 2.45) is 0 Å². The molecule has 1 aromatic heterocycles. The lowest BCUT2D eigenvalue weighted by atomic mass is 10.5. The molecule has 5 heteroatoms. The minimum Gasteiger partial charge on any atom is -0.412 e. The van der Waals surface area contributed by atoms with E-state index in [9.17, 15) is 4.79 Å². The molecule has 0 radical (unpaired) electrons. The summed E-state index contributed by atoms with van der Waals surface area (Å²) >= 11 is 0. The van der Waals surface area contributed by atoms with Gasteiger partial charge in [-0.3, -0.25) is 4.79 Å². The zero-order chi connectivity index (χ0) is 5.11. The maximum absolute atomic E-state index is 10.2. The van der Waals surface area contributed by atoms with Crippen LogP contribution in [-0.2, 0) is 0 Å². The Kier molecular flexibility index (Phi) is 12.5. The van der Waals surface area contributed by atoms with Crippen LogP contribution in [0.15, 0.2) is 29.2 Å². The second-order valence-electron chi connectivity index (χ2n) is 1.23. The van der Waals surface area contributed by atoms with Crippen molar-refractivity contribution < 1.29 is 16.4 Å². The molecule has 0 saturated carbocycles. The normalized spacial score (nSPS) is 6.00. The maximum atomic E-state index is 10.2. The molecule has 5 nitrogen and oxygen atoms in total. The average Bonchev–Trinajstić information content (AvgIpc) is 1.69. The molecular formula is C5H11NO4. The third-order valence-corrected chi connectivity index (χ3v) is 0.681.